The van der Waals surface area contributed by atoms with Crippen molar-refractivity contribution in [2.24, 2.45) is 28.6 Å². The first-order valence-electron chi connectivity index (χ1n) is 10.2. The van der Waals surface area contributed by atoms with E-state index in [0.717, 1.165) is 51.4 Å². The van der Waals surface area contributed by atoms with Gasteiger partial charge in [0.05, 0.1) is 6.10 Å². The summed E-state index contributed by atoms with van der Waals surface area (Å²) >= 11 is 0. The number of rotatable bonds is 1. The Bertz CT molecular complexity index is 644. The number of epoxide rings is 1. The van der Waals surface area contributed by atoms with Crippen molar-refractivity contribution in [3.05, 3.63) is 0 Å². The molecule has 138 valence electrons. The first-order chi connectivity index (χ1) is 11.8. The molecule has 0 aromatic rings. The molecule has 4 heteroatoms. The Morgan fingerprint density at radius 3 is 2.72 bits per heavy atom. The number of hydrogen-bond acceptors (Lipinski definition) is 4. The molecule has 1 unspecified atom stereocenters. The van der Waals surface area contributed by atoms with Crippen molar-refractivity contribution >= 4 is 11.8 Å². The Hall–Kier alpha value is -0.900. The van der Waals surface area contributed by atoms with Gasteiger partial charge in [-0.3, -0.25) is 9.59 Å². The summed E-state index contributed by atoms with van der Waals surface area (Å²) in [4.78, 5) is 23.9. The number of Topliss-reactive ketones (excluding diaryl/α,β-unsaturated/α-hetero) is 1. The Labute approximate surface area is 150 Å². The van der Waals surface area contributed by atoms with Gasteiger partial charge in [0.15, 0.2) is 0 Å². The van der Waals surface area contributed by atoms with Crippen LogP contribution in [-0.2, 0) is 19.1 Å². The van der Waals surface area contributed by atoms with Gasteiger partial charge in [-0.2, -0.15) is 0 Å². The molecule has 5 aliphatic rings. The predicted molar refractivity (Wildman–Crippen MR) is 91.8 cm³/mol. The quantitative estimate of drug-likeness (QED) is 0.537. The topological polar surface area (TPSA) is 55.9 Å². The van der Waals surface area contributed by atoms with Gasteiger partial charge in [-0.05, 0) is 56.3 Å². The number of carbonyl (C=O) groups excluding carboxylic acids is 2. The molecule has 1 spiro atoms. The summed E-state index contributed by atoms with van der Waals surface area (Å²) in [6.07, 6.45) is 8.45. The predicted octanol–water partition coefficient (Wildman–Crippen LogP) is 3.66. The average Bonchev–Trinajstić information content (AvgIpc) is 3.15. The fraction of sp³-hybridized carbons (Fsp3) is 0.905. The molecule has 8 atom stereocenters. The monoisotopic (exact) mass is 346 g/mol. The maximum Gasteiger partial charge on any atom is 0.302 e. The molecule has 0 aromatic heterocycles. The van der Waals surface area contributed by atoms with E-state index in [1.54, 1.807) is 0 Å². The molecule has 0 bridgehead atoms. The summed E-state index contributed by atoms with van der Waals surface area (Å²) in [6.45, 7) is 6.18. The van der Waals surface area contributed by atoms with Crippen molar-refractivity contribution in [2.75, 3.05) is 0 Å². The maximum absolute atomic E-state index is 12.5. The van der Waals surface area contributed by atoms with Crippen molar-refractivity contribution < 1.29 is 19.1 Å². The largest absolute Gasteiger partial charge is 0.462 e. The molecule has 0 N–H and O–H groups in total. The van der Waals surface area contributed by atoms with Gasteiger partial charge in [-0.25, -0.2) is 0 Å². The smallest absolute Gasteiger partial charge is 0.302 e. The molecule has 4 nitrogen and oxygen atoms in total. The van der Waals surface area contributed by atoms with E-state index < -0.39 is 0 Å². The van der Waals surface area contributed by atoms with Gasteiger partial charge in [0, 0.05) is 30.6 Å². The van der Waals surface area contributed by atoms with Gasteiger partial charge in [0.25, 0.3) is 0 Å². The second-order valence-corrected chi connectivity index (χ2v) is 9.92. The third-order valence-corrected chi connectivity index (χ3v) is 9.08. The summed E-state index contributed by atoms with van der Waals surface area (Å²) in [5.74, 6) is 2.19. The van der Waals surface area contributed by atoms with Crippen LogP contribution in [0.15, 0.2) is 0 Å². The summed E-state index contributed by atoms with van der Waals surface area (Å²) in [5, 5.41) is 0. The standard InChI is InChI=1S/C21H30O4/c1-12(22)24-13-6-9-20(3)16-7-8-19(2)15(4-5-17(19)23)14(16)10-18-21(20,11-13)25-18/h13-16,18H,4-11H2,1-3H3/t13?,14-,15-,16-,18+,19-,20+,21+/m0/s1. The van der Waals surface area contributed by atoms with Crippen LogP contribution in [0.5, 0.6) is 0 Å². The van der Waals surface area contributed by atoms with Crippen LogP contribution >= 0.6 is 0 Å². The SMILES string of the molecule is CC(=O)OC1CC[C@]2(C)[C@H]3CC[C@]4(C)C(=O)CC[C@H]4[C@@H]3C[C@H]3O[C@]32C1. The maximum atomic E-state index is 12.5. The highest BCUT2D eigenvalue weighted by molar-refractivity contribution is 5.87. The van der Waals surface area contributed by atoms with Crippen molar-refractivity contribution in [1.82, 2.24) is 0 Å². The van der Waals surface area contributed by atoms with E-state index in [1.807, 2.05) is 0 Å². The third kappa shape index (κ3) is 1.92. The van der Waals surface area contributed by atoms with Gasteiger partial charge in [-0.15, -0.1) is 0 Å². The van der Waals surface area contributed by atoms with Crippen LogP contribution in [0.2, 0.25) is 0 Å². The number of ketones is 1. The lowest BCUT2D eigenvalue weighted by atomic mass is 9.45. The van der Waals surface area contributed by atoms with Crippen molar-refractivity contribution in [2.45, 2.75) is 89.9 Å². The lowest BCUT2D eigenvalue weighted by Crippen LogP contribution is -2.58. The molecule has 0 aromatic carbocycles. The van der Waals surface area contributed by atoms with Crippen molar-refractivity contribution in [1.29, 1.82) is 0 Å². The molecular weight excluding hydrogens is 316 g/mol. The zero-order valence-electron chi connectivity index (χ0n) is 15.7. The van der Waals surface area contributed by atoms with E-state index in [-0.39, 0.29) is 28.5 Å². The molecule has 25 heavy (non-hydrogen) atoms. The van der Waals surface area contributed by atoms with E-state index in [0.29, 0.717) is 29.6 Å². The van der Waals surface area contributed by atoms with Crippen LogP contribution in [0, 0.1) is 28.6 Å². The molecule has 1 aliphatic heterocycles. The zero-order valence-corrected chi connectivity index (χ0v) is 15.7. The number of esters is 1. The van der Waals surface area contributed by atoms with Crippen molar-refractivity contribution in [3.63, 3.8) is 0 Å². The van der Waals surface area contributed by atoms with Gasteiger partial charge < -0.3 is 9.47 Å². The molecule has 0 amide bonds. The fourth-order valence-corrected chi connectivity index (χ4v) is 7.75. The molecule has 4 saturated carbocycles. The molecule has 5 fully saturated rings. The van der Waals surface area contributed by atoms with Gasteiger partial charge in [0.1, 0.15) is 17.5 Å². The number of fused-ring (bicyclic) bond motifs is 4. The minimum absolute atomic E-state index is 0.0223. The first-order valence-corrected chi connectivity index (χ1v) is 10.2. The summed E-state index contributed by atoms with van der Waals surface area (Å²) in [6, 6.07) is 0. The van der Waals surface area contributed by atoms with Crippen LogP contribution in [-0.4, -0.2) is 29.6 Å². The number of carbonyl (C=O) groups is 2. The lowest BCUT2D eigenvalue weighted by Gasteiger charge is -2.58. The molecule has 5 rings (SSSR count). The van der Waals surface area contributed by atoms with E-state index in [1.165, 1.54) is 6.92 Å². The van der Waals surface area contributed by atoms with E-state index >= 15 is 0 Å². The average molecular weight is 346 g/mol. The zero-order chi connectivity index (χ0) is 17.6. The minimum Gasteiger partial charge on any atom is -0.462 e. The van der Waals surface area contributed by atoms with Crippen LogP contribution in [0.1, 0.15) is 72.1 Å². The lowest BCUT2D eigenvalue weighted by molar-refractivity contribution is -0.157. The van der Waals surface area contributed by atoms with Gasteiger partial charge >= 0.3 is 5.97 Å². The number of ether oxygens (including phenoxy) is 2. The van der Waals surface area contributed by atoms with Crippen LogP contribution in [0.4, 0.5) is 0 Å². The highest BCUT2D eigenvalue weighted by Gasteiger charge is 2.76. The molecule has 4 aliphatic carbocycles. The molecule has 0 radical (unpaired) electrons. The highest BCUT2D eigenvalue weighted by Crippen LogP contribution is 2.73. The Morgan fingerprint density at radius 2 is 1.96 bits per heavy atom. The molecule has 1 heterocycles. The van der Waals surface area contributed by atoms with Crippen LogP contribution < -0.4 is 0 Å². The summed E-state index contributed by atoms with van der Waals surface area (Å²) < 4.78 is 12.0. The van der Waals surface area contributed by atoms with Crippen LogP contribution in [0.3, 0.4) is 0 Å². The van der Waals surface area contributed by atoms with E-state index in [2.05, 4.69) is 13.8 Å². The molecule has 1 saturated heterocycles. The van der Waals surface area contributed by atoms with Gasteiger partial charge in [0.2, 0.25) is 0 Å². The van der Waals surface area contributed by atoms with Crippen molar-refractivity contribution in [3.8, 4) is 0 Å². The Morgan fingerprint density at radius 1 is 1.16 bits per heavy atom. The second-order valence-electron chi connectivity index (χ2n) is 9.92. The number of hydrogen-bond donors (Lipinski definition) is 0. The second kappa shape index (κ2) is 4.88. The molecular formula is C21H30O4. The Balaban J connectivity index is 1.44. The third-order valence-electron chi connectivity index (χ3n) is 9.08. The van der Waals surface area contributed by atoms with E-state index in [9.17, 15) is 9.59 Å². The summed E-state index contributed by atoms with van der Waals surface area (Å²) in [5.41, 5.74) is 0.0500. The fourth-order valence-electron chi connectivity index (χ4n) is 7.75. The minimum atomic E-state index is -0.172. The summed E-state index contributed by atoms with van der Waals surface area (Å²) in [7, 11) is 0. The van der Waals surface area contributed by atoms with E-state index in [4.69, 9.17) is 9.47 Å². The Kier molecular flexibility index (Phi) is 3.18. The normalized spacial score (nSPS) is 56.3. The van der Waals surface area contributed by atoms with Crippen LogP contribution in [0.25, 0.3) is 0 Å². The first kappa shape index (κ1) is 16.3. The highest BCUT2D eigenvalue weighted by atomic mass is 16.6. The van der Waals surface area contributed by atoms with Gasteiger partial charge in [-0.1, -0.05) is 13.8 Å².